The molecule has 0 aromatic carbocycles. The van der Waals surface area contributed by atoms with Crippen molar-refractivity contribution in [3.05, 3.63) is 0 Å². The topological polar surface area (TPSA) is 52.6 Å². The van der Waals surface area contributed by atoms with E-state index in [-0.39, 0.29) is 0 Å². The van der Waals surface area contributed by atoms with Crippen molar-refractivity contribution in [2.75, 3.05) is 27.2 Å². The fourth-order valence-electron chi connectivity index (χ4n) is 2.32. The summed E-state index contributed by atoms with van der Waals surface area (Å²) in [6.07, 6.45) is 5.95. The summed E-state index contributed by atoms with van der Waals surface area (Å²) in [7, 11) is 4.00. The maximum absolute atomic E-state index is 11.4. The van der Waals surface area contributed by atoms with Crippen molar-refractivity contribution in [2.45, 2.75) is 44.1 Å². The molecule has 0 aromatic rings. The minimum absolute atomic E-state index is 0.660. The molecule has 0 saturated heterocycles. The van der Waals surface area contributed by atoms with Gasteiger partial charge >= 0.3 is 5.97 Å². The molecule has 2 N–H and O–H groups in total. The van der Waals surface area contributed by atoms with E-state index in [9.17, 15) is 9.90 Å². The fraction of sp³-hybridized carbons (Fsp3) is 0.917. The van der Waals surface area contributed by atoms with Gasteiger partial charge in [0.05, 0.1) is 0 Å². The van der Waals surface area contributed by atoms with E-state index in [1.807, 2.05) is 14.1 Å². The van der Waals surface area contributed by atoms with Gasteiger partial charge < -0.3 is 15.3 Å². The minimum Gasteiger partial charge on any atom is -0.480 e. The van der Waals surface area contributed by atoms with Gasteiger partial charge in [-0.05, 0) is 26.9 Å². The number of rotatable bonds is 5. The molecule has 0 aliphatic heterocycles. The molecule has 0 aromatic heterocycles. The van der Waals surface area contributed by atoms with Crippen LogP contribution in [0.2, 0.25) is 0 Å². The lowest BCUT2D eigenvalue weighted by Gasteiger charge is -2.30. The van der Waals surface area contributed by atoms with E-state index in [0.717, 1.165) is 38.8 Å². The summed E-state index contributed by atoms with van der Waals surface area (Å²) in [5.41, 5.74) is -0.660. The second-order valence-electron chi connectivity index (χ2n) is 5.03. The van der Waals surface area contributed by atoms with Crippen molar-refractivity contribution in [1.29, 1.82) is 0 Å². The van der Waals surface area contributed by atoms with Crippen LogP contribution in [0.25, 0.3) is 0 Å². The maximum Gasteiger partial charge on any atom is 0.323 e. The van der Waals surface area contributed by atoms with Crippen molar-refractivity contribution >= 4 is 5.97 Å². The molecule has 1 saturated carbocycles. The third-order valence-electron chi connectivity index (χ3n) is 3.39. The van der Waals surface area contributed by atoms with Gasteiger partial charge in [-0.2, -0.15) is 0 Å². The largest absolute Gasteiger partial charge is 0.480 e. The molecule has 0 atom stereocenters. The Labute approximate surface area is 98.0 Å². The van der Waals surface area contributed by atoms with Crippen LogP contribution in [0.15, 0.2) is 0 Å². The molecule has 4 nitrogen and oxygen atoms in total. The molecule has 0 radical (unpaired) electrons. The maximum atomic E-state index is 11.4. The third-order valence-corrected chi connectivity index (χ3v) is 3.39. The number of likely N-dealkylation sites (N-methyl/N-ethyl adjacent to an activating group) is 1. The zero-order chi connectivity index (χ0) is 12.0. The van der Waals surface area contributed by atoms with Gasteiger partial charge in [-0.25, -0.2) is 0 Å². The Hall–Kier alpha value is -0.610. The molecule has 4 heteroatoms. The molecule has 0 unspecified atom stereocenters. The van der Waals surface area contributed by atoms with Crippen LogP contribution in [0, 0.1) is 0 Å². The molecule has 1 rings (SSSR count). The molecule has 1 aliphatic rings. The van der Waals surface area contributed by atoms with Crippen LogP contribution in [0.1, 0.15) is 38.5 Å². The zero-order valence-electron chi connectivity index (χ0n) is 10.5. The third kappa shape index (κ3) is 3.76. The molecule has 1 aliphatic carbocycles. The average molecular weight is 228 g/mol. The number of aliphatic carboxylic acids is 1. The molecule has 0 spiro atoms. The summed E-state index contributed by atoms with van der Waals surface area (Å²) < 4.78 is 0. The van der Waals surface area contributed by atoms with Gasteiger partial charge in [-0.15, -0.1) is 0 Å². The SMILES string of the molecule is CN(C)CCNC1(C(=O)O)CCCCCC1. The molecular weight excluding hydrogens is 204 g/mol. The predicted octanol–water partition coefficient (Wildman–Crippen LogP) is 1.32. The number of nitrogens with one attached hydrogen (secondary N) is 1. The van der Waals surface area contributed by atoms with Crippen LogP contribution in [0.4, 0.5) is 0 Å². The lowest BCUT2D eigenvalue weighted by atomic mass is 9.90. The number of carboxylic acid groups (broad SMARTS) is 1. The Balaban J connectivity index is 2.53. The molecule has 94 valence electrons. The van der Waals surface area contributed by atoms with E-state index < -0.39 is 11.5 Å². The summed E-state index contributed by atoms with van der Waals surface area (Å²) >= 11 is 0. The highest BCUT2D eigenvalue weighted by molar-refractivity contribution is 5.78. The lowest BCUT2D eigenvalue weighted by molar-refractivity contribution is -0.145. The Morgan fingerprint density at radius 1 is 1.25 bits per heavy atom. The first kappa shape index (κ1) is 13.5. The van der Waals surface area contributed by atoms with Gasteiger partial charge in [0.2, 0.25) is 0 Å². The van der Waals surface area contributed by atoms with Crippen LogP contribution >= 0.6 is 0 Å². The second kappa shape index (κ2) is 6.21. The summed E-state index contributed by atoms with van der Waals surface area (Å²) in [6.45, 7) is 1.63. The molecule has 0 amide bonds. The van der Waals surface area contributed by atoms with Crippen molar-refractivity contribution in [1.82, 2.24) is 10.2 Å². The van der Waals surface area contributed by atoms with Crippen LogP contribution in [0.3, 0.4) is 0 Å². The Morgan fingerprint density at radius 2 is 1.81 bits per heavy atom. The highest BCUT2D eigenvalue weighted by Crippen LogP contribution is 2.27. The lowest BCUT2D eigenvalue weighted by Crippen LogP contribution is -2.53. The number of carbonyl (C=O) groups is 1. The van der Waals surface area contributed by atoms with Crippen molar-refractivity contribution in [3.8, 4) is 0 Å². The first-order valence-electron chi connectivity index (χ1n) is 6.20. The van der Waals surface area contributed by atoms with Crippen LogP contribution in [-0.4, -0.2) is 48.7 Å². The van der Waals surface area contributed by atoms with E-state index in [1.165, 1.54) is 12.8 Å². The summed E-state index contributed by atoms with van der Waals surface area (Å²) in [5.74, 6) is -0.673. The van der Waals surface area contributed by atoms with Crippen molar-refractivity contribution in [3.63, 3.8) is 0 Å². The van der Waals surface area contributed by atoms with Gasteiger partial charge in [0.15, 0.2) is 0 Å². The van der Waals surface area contributed by atoms with Crippen LogP contribution in [0.5, 0.6) is 0 Å². The van der Waals surface area contributed by atoms with Crippen molar-refractivity contribution < 1.29 is 9.90 Å². The monoisotopic (exact) mass is 228 g/mol. The van der Waals surface area contributed by atoms with Crippen LogP contribution < -0.4 is 5.32 Å². The van der Waals surface area contributed by atoms with Gasteiger partial charge in [-0.1, -0.05) is 25.7 Å². The van der Waals surface area contributed by atoms with E-state index in [1.54, 1.807) is 0 Å². The highest BCUT2D eigenvalue weighted by atomic mass is 16.4. The Bertz CT molecular complexity index is 221. The number of hydrogen-bond acceptors (Lipinski definition) is 3. The smallest absolute Gasteiger partial charge is 0.323 e. The summed E-state index contributed by atoms with van der Waals surface area (Å²) in [4.78, 5) is 13.5. The number of nitrogens with zero attached hydrogens (tertiary/aromatic N) is 1. The predicted molar refractivity (Wildman–Crippen MR) is 64.6 cm³/mol. The molecule has 1 fully saturated rings. The molecule has 0 bridgehead atoms. The fourth-order valence-corrected chi connectivity index (χ4v) is 2.32. The second-order valence-corrected chi connectivity index (χ2v) is 5.03. The Kier molecular flexibility index (Phi) is 5.22. The molecular formula is C12H24N2O2. The average Bonchev–Trinajstić information content (AvgIpc) is 2.43. The summed E-state index contributed by atoms with van der Waals surface area (Å²) in [5, 5.41) is 12.7. The van der Waals surface area contributed by atoms with Crippen molar-refractivity contribution in [2.24, 2.45) is 0 Å². The molecule has 0 heterocycles. The standard InChI is InChI=1S/C12H24N2O2/c1-14(2)10-9-13-12(11(15)16)7-5-3-4-6-8-12/h13H,3-10H2,1-2H3,(H,15,16). The highest BCUT2D eigenvalue weighted by Gasteiger charge is 2.37. The van der Waals surface area contributed by atoms with E-state index in [2.05, 4.69) is 10.2 Å². The zero-order valence-corrected chi connectivity index (χ0v) is 10.5. The van der Waals surface area contributed by atoms with Gasteiger partial charge in [-0.3, -0.25) is 4.79 Å². The first-order valence-corrected chi connectivity index (χ1v) is 6.20. The van der Waals surface area contributed by atoms with E-state index >= 15 is 0 Å². The molecule has 16 heavy (non-hydrogen) atoms. The summed E-state index contributed by atoms with van der Waals surface area (Å²) in [6, 6.07) is 0. The van der Waals surface area contributed by atoms with Gasteiger partial charge in [0, 0.05) is 13.1 Å². The van der Waals surface area contributed by atoms with E-state index in [4.69, 9.17) is 0 Å². The first-order chi connectivity index (χ1) is 7.57. The van der Waals surface area contributed by atoms with E-state index in [0.29, 0.717) is 0 Å². The number of hydrogen-bond donors (Lipinski definition) is 2. The number of carboxylic acids is 1. The Morgan fingerprint density at radius 3 is 2.25 bits per heavy atom. The van der Waals surface area contributed by atoms with Gasteiger partial charge in [0.25, 0.3) is 0 Å². The van der Waals surface area contributed by atoms with Crippen LogP contribution in [-0.2, 0) is 4.79 Å². The minimum atomic E-state index is -0.673. The van der Waals surface area contributed by atoms with Gasteiger partial charge in [0.1, 0.15) is 5.54 Å². The normalized spacial score (nSPS) is 20.7. The quantitative estimate of drug-likeness (QED) is 0.697.